The van der Waals surface area contributed by atoms with Crippen LogP contribution in [0.1, 0.15) is 61.3 Å². The SMILES string of the molecule is CC(C)(O)CCC(C)(C)O.O=C(O)C(=O)c1ccccc1.O=C(O)c1ccccc1. The highest BCUT2D eigenvalue weighted by Gasteiger charge is 2.19. The van der Waals surface area contributed by atoms with Crippen molar-refractivity contribution in [1.29, 1.82) is 0 Å². The molecule has 2 aromatic carbocycles. The van der Waals surface area contributed by atoms with Crippen LogP contribution in [0.2, 0.25) is 0 Å². The Kier molecular flexibility index (Phi) is 11.3. The average Bonchev–Trinajstić information content (AvgIpc) is 2.67. The van der Waals surface area contributed by atoms with Gasteiger partial charge in [-0.2, -0.15) is 0 Å². The van der Waals surface area contributed by atoms with Gasteiger partial charge in [0, 0.05) is 5.56 Å². The predicted octanol–water partition coefficient (Wildman–Crippen LogP) is 3.65. The van der Waals surface area contributed by atoms with Gasteiger partial charge in [0.25, 0.3) is 5.78 Å². The van der Waals surface area contributed by atoms with Crippen LogP contribution < -0.4 is 0 Å². The summed E-state index contributed by atoms with van der Waals surface area (Å²) in [7, 11) is 0. The molecule has 0 heterocycles. The molecule has 0 atom stereocenters. The first kappa shape index (κ1) is 27.0. The molecular weight excluding hydrogens is 388 g/mol. The van der Waals surface area contributed by atoms with Gasteiger partial charge in [-0.3, -0.25) is 4.79 Å². The maximum atomic E-state index is 10.7. The van der Waals surface area contributed by atoms with Gasteiger partial charge in [0.1, 0.15) is 0 Å². The molecule has 2 rings (SSSR count). The summed E-state index contributed by atoms with van der Waals surface area (Å²) in [6.45, 7) is 7.00. The van der Waals surface area contributed by atoms with E-state index < -0.39 is 28.9 Å². The van der Waals surface area contributed by atoms with E-state index in [0.29, 0.717) is 18.4 Å². The summed E-state index contributed by atoms with van der Waals surface area (Å²) in [5.74, 6) is -3.17. The molecule has 0 aliphatic heterocycles. The zero-order valence-electron chi connectivity index (χ0n) is 17.7. The largest absolute Gasteiger partial charge is 0.478 e. The van der Waals surface area contributed by atoms with E-state index in [9.17, 15) is 24.6 Å². The Hall–Kier alpha value is -3.03. The van der Waals surface area contributed by atoms with Gasteiger partial charge in [-0.25, -0.2) is 9.59 Å². The summed E-state index contributed by atoms with van der Waals surface area (Å²) in [6.07, 6.45) is 1.27. The first-order chi connectivity index (χ1) is 13.7. The van der Waals surface area contributed by atoms with E-state index in [1.165, 1.54) is 12.1 Å². The van der Waals surface area contributed by atoms with Gasteiger partial charge in [-0.1, -0.05) is 48.5 Å². The van der Waals surface area contributed by atoms with E-state index in [0.717, 1.165) is 0 Å². The number of benzene rings is 2. The Bertz CT molecular complexity index is 772. The van der Waals surface area contributed by atoms with Crippen LogP contribution in [0.25, 0.3) is 0 Å². The summed E-state index contributed by atoms with van der Waals surface area (Å²) in [5, 5.41) is 35.2. The lowest BCUT2D eigenvalue weighted by Gasteiger charge is -2.23. The Labute approximate surface area is 176 Å². The molecule has 0 aliphatic rings. The first-order valence-corrected chi connectivity index (χ1v) is 9.29. The van der Waals surface area contributed by atoms with Crippen molar-refractivity contribution in [2.45, 2.75) is 51.7 Å². The molecule has 0 amide bonds. The van der Waals surface area contributed by atoms with Crippen LogP contribution in [0.3, 0.4) is 0 Å². The van der Waals surface area contributed by atoms with Crippen LogP contribution in [0.15, 0.2) is 60.7 Å². The van der Waals surface area contributed by atoms with Crippen molar-refractivity contribution < 1.29 is 34.8 Å². The highest BCUT2D eigenvalue weighted by atomic mass is 16.4. The minimum Gasteiger partial charge on any atom is -0.478 e. The second-order valence-corrected chi connectivity index (χ2v) is 7.80. The predicted molar refractivity (Wildman–Crippen MR) is 114 cm³/mol. The number of aliphatic hydroxyl groups is 2. The summed E-state index contributed by atoms with van der Waals surface area (Å²) >= 11 is 0. The molecule has 0 bridgehead atoms. The maximum Gasteiger partial charge on any atom is 0.377 e. The summed E-state index contributed by atoms with van der Waals surface area (Å²) < 4.78 is 0. The van der Waals surface area contributed by atoms with Crippen LogP contribution >= 0.6 is 0 Å². The molecule has 7 heteroatoms. The highest BCUT2D eigenvalue weighted by molar-refractivity contribution is 6.39. The minimum atomic E-state index is -1.42. The Morgan fingerprint density at radius 3 is 1.23 bits per heavy atom. The van der Waals surface area contributed by atoms with Gasteiger partial charge in [0.05, 0.1) is 16.8 Å². The van der Waals surface area contributed by atoms with Crippen LogP contribution in [-0.2, 0) is 4.79 Å². The highest BCUT2D eigenvalue weighted by Crippen LogP contribution is 2.17. The zero-order valence-corrected chi connectivity index (χ0v) is 17.7. The second-order valence-electron chi connectivity index (χ2n) is 7.80. The molecule has 4 N–H and O–H groups in total. The minimum absolute atomic E-state index is 0.208. The van der Waals surface area contributed by atoms with Crippen molar-refractivity contribution >= 4 is 17.7 Å². The summed E-state index contributed by atoms with van der Waals surface area (Å²) in [4.78, 5) is 31.1. The lowest BCUT2D eigenvalue weighted by Crippen LogP contribution is -2.26. The topological polar surface area (TPSA) is 132 Å². The van der Waals surface area contributed by atoms with Crippen LogP contribution in [0.5, 0.6) is 0 Å². The van der Waals surface area contributed by atoms with Gasteiger partial charge in [0.2, 0.25) is 0 Å². The van der Waals surface area contributed by atoms with E-state index in [4.69, 9.17) is 10.2 Å². The number of carboxylic acids is 2. The van der Waals surface area contributed by atoms with Crippen molar-refractivity contribution in [3.05, 3.63) is 71.8 Å². The molecular formula is C23H30O7. The quantitative estimate of drug-likeness (QED) is 0.416. The second kappa shape index (κ2) is 12.5. The molecule has 0 saturated carbocycles. The third kappa shape index (κ3) is 14.0. The van der Waals surface area contributed by atoms with E-state index in [-0.39, 0.29) is 5.56 Å². The number of aromatic carboxylic acids is 1. The molecule has 30 heavy (non-hydrogen) atoms. The third-order valence-corrected chi connectivity index (χ3v) is 3.60. The number of Topliss-reactive ketones (excluding diaryl/α,β-unsaturated/α-hetero) is 1. The standard InChI is InChI=1S/C8H6O3.C8H18O2.C7H6O2/c9-7(8(10)11)6-4-2-1-3-5-6;1-7(2,9)5-6-8(3,4)10;8-7(9)6-4-2-1-3-5-6/h1-5H,(H,10,11);9-10H,5-6H2,1-4H3;1-5H,(H,8,9). The van der Waals surface area contributed by atoms with Gasteiger partial charge in [-0.15, -0.1) is 0 Å². The van der Waals surface area contributed by atoms with Crippen LogP contribution in [-0.4, -0.2) is 49.4 Å². The number of aliphatic carboxylic acids is 1. The van der Waals surface area contributed by atoms with Crippen molar-refractivity contribution in [2.24, 2.45) is 0 Å². The number of hydrogen-bond donors (Lipinski definition) is 4. The average molecular weight is 418 g/mol. The number of carbonyl (C=O) groups excluding carboxylic acids is 1. The first-order valence-electron chi connectivity index (χ1n) is 9.29. The molecule has 0 saturated heterocycles. The number of ketones is 1. The molecule has 7 nitrogen and oxygen atoms in total. The van der Waals surface area contributed by atoms with Crippen LogP contribution in [0, 0.1) is 0 Å². The maximum absolute atomic E-state index is 10.7. The molecule has 0 radical (unpaired) electrons. The van der Waals surface area contributed by atoms with E-state index >= 15 is 0 Å². The van der Waals surface area contributed by atoms with Crippen molar-refractivity contribution in [2.75, 3.05) is 0 Å². The normalized spacial score (nSPS) is 10.6. The number of rotatable bonds is 6. The Morgan fingerprint density at radius 1 is 0.667 bits per heavy atom. The molecule has 0 spiro atoms. The van der Waals surface area contributed by atoms with Gasteiger partial charge >= 0.3 is 11.9 Å². The van der Waals surface area contributed by atoms with Gasteiger partial charge < -0.3 is 20.4 Å². The fourth-order valence-corrected chi connectivity index (χ4v) is 1.91. The number of hydrogen-bond acceptors (Lipinski definition) is 5. The molecule has 0 aliphatic carbocycles. The lowest BCUT2D eigenvalue weighted by atomic mass is 9.94. The Morgan fingerprint density at radius 2 is 1.00 bits per heavy atom. The molecule has 0 fully saturated rings. The monoisotopic (exact) mass is 418 g/mol. The molecule has 2 aromatic rings. The van der Waals surface area contributed by atoms with Crippen molar-refractivity contribution in [3.63, 3.8) is 0 Å². The summed E-state index contributed by atoms with van der Waals surface area (Å²) in [6, 6.07) is 16.2. The Balaban J connectivity index is 0.000000423. The van der Waals surface area contributed by atoms with Gasteiger partial charge in [-0.05, 0) is 52.7 Å². The number of carboxylic acid groups (broad SMARTS) is 2. The summed E-state index contributed by atoms with van der Waals surface area (Å²) in [5.41, 5.74) is -0.766. The van der Waals surface area contributed by atoms with E-state index in [1.807, 2.05) is 0 Å². The molecule has 164 valence electrons. The van der Waals surface area contributed by atoms with Gasteiger partial charge in [0.15, 0.2) is 0 Å². The fraction of sp³-hybridized carbons (Fsp3) is 0.348. The van der Waals surface area contributed by atoms with Crippen molar-refractivity contribution in [3.8, 4) is 0 Å². The molecule has 0 unspecified atom stereocenters. The van der Waals surface area contributed by atoms with Crippen molar-refractivity contribution in [1.82, 2.24) is 0 Å². The van der Waals surface area contributed by atoms with E-state index in [2.05, 4.69) is 0 Å². The zero-order chi connectivity index (χ0) is 23.4. The fourth-order valence-electron chi connectivity index (χ4n) is 1.91. The molecule has 0 aromatic heterocycles. The number of carbonyl (C=O) groups is 3. The van der Waals surface area contributed by atoms with E-state index in [1.54, 1.807) is 76.2 Å². The third-order valence-electron chi connectivity index (χ3n) is 3.60. The lowest BCUT2D eigenvalue weighted by molar-refractivity contribution is -0.131. The van der Waals surface area contributed by atoms with Crippen LogP contribution in [0.4, 0.5) is 0 Å². The smallest absolute Gasteiger partial charge is 0.377 e.